The Morgan fingerprint density at radius 1 is 1.20 bits per heavy atom. The molecule has 0 aliphatic carbocycles. The monoisotopic (exact) mass is 405 g/mol. The van der Waals surface area contributed by atoms with Crippen molar-refractivity contribution >= 4 is 20.0 Å². The minimum atomic E-state index is -0.782. The molecule has 157 valence electrons. The highest BCUT2D eigenvalue weighted by Gasteiger charge is 2.46. The van der Waals surface area contributed by atoms with E-state index in [4.69, 9.17) is 4.74 Å². The Labute approximate surface area is 181 Å². The number of nitrogens with one attached hydrogen (secondary N) is 1. The van der Waals surface area contributed by atoms with E-state index in [1.165, 1.54) is 5.56 Å². The van der Waals surface area contributed by atoms with Gasteiger partial charge in [0, 0.05) is 39.1 Å². The lowest BCUT2D eigenvalue weighted by atomic mass is 9.76. The second-order valence-electron chi connectivity index (χ2n) is 8.33. The minimum absolute atomic E-state index is 0. The van der Waals surface area contributed by atoms with Gasteiger partial charge in [-0.25, -0.2) is 0 Å². The zero-order valence-corrected chi connectivity index (χ0v) is 17.6. The molecule has 3 saturated heterocycles. The molecule has 3 heterocycles. The highest BCUT2D eigenvalue weighted by atomic mass is 16.5. The molecular formula is C24H30BN2O3. The summed E-state index contributed by atoms with van der Waals surface area (Å²) >= 11 is 0. The smallest absolute Gasteiger partial charge is 0.224 e. The average molecular weight is 405 g/mol. The summed E-state index contributed by atoms with van der Waals surface area (Å²) in [5.41, 5.74) is 2.18. The standard InChI is InChI=1S/C24H30N2O3.B/c1-2-23(27)25-21-8-9-22(19(15-21)14-18-6-4-3-5-7-18)29-17-24(28)16-26-12-10-20(24)11-13-26;/h3-9,15,20,28H,2,10-14,16-17H2,1H3,(H,25,27);. The molecule has 2 aromatic rings. The van der Waals surface area contributed by atoms with Crippen molar-refractivity contribution in [2.45, 2.75) is 38.2 Å². The predicted molar refractivity (Wildman–Crippen MR) is 120 cm³/mol. The van der Waals surface area contributed by atoms with E-state index in [1.54, 1.807) is 0 Å². The van der Waals surface area contributed by atoms with E-state index in [2.05, 4.69) is 22.3 Å². The lowest BCUT2D eigenvalue weighted by molar-refractivity contribution is -0.131. The maximum atomic E-state index is 11.8. The summed E-state index contributed by atoms with van der Waals surface area (Å²) in [6.07, 6.45) is 3.23. The first-order valence-electron chi connectivity index (χ1n) is 10.6. The summed E-state index contributed by atoms with van der Waals surface area (Å²) in [5, 5.41) is 14.1. The molecule has 0 saturated carbocycles. The van der Waals surface area contributed by atoms with E-state index in [-0.39, 0.29) is 14.3 Å². The summed E-state index contributed by atoms with van der Waals surface area (Å²) < 4.78 is 6.20. The molecule has 3 radical (unpaired) electrons. The number of carbonyl (C=O) groups is 1. The lowest BCUT2D eigenvalue weighted by Gasteiger charge is -2.50. The Bertz CT molecular complexity index is 853. The van der Waals surface area contributed by atoms with Gasteiger partial charge < -0.3 is 20.1 Å². The number of benzene rings is 2. The molecule has 1 amide bonds. The largest absolute Gasteiger partial charge is 0.490 e. The number of fused-ring (bicyclic) bond motifs is 3. The first-order chi connectivity index (χ1) is 14.1. The van der Waals surface area contributed by atoms with Crippen molar-refractivity contribution < 1.29 is 14.6 Å². The van der Waals surface area contributed by atoms with Gasteiger partial charge in [-0.2, -0.15) is 0 Å². The van der Waals surface area contributed by atoms with Crippen LogP contribution in [0.1, 0.15) is 37.3 Å². The van der Waals surface area contributed by atoms with Crippen molar-refractivity contribution in [2.24, 2.45) is 5.92 Å². The van der Waals surface area contributed by atoms with Gasteiger partial charge in [0.15, 0.2) is 0 Å². The molecule has 0 spiro atoms. The molecule has 2 aromatic carbocycles. The zero-order valence-electron chi connectivity index (χ0n) is 17.6. The van der Waals surface area contributed by atoms with Gasteiger partial charge in [0.2, 0.25) is 5.91 Å². The van der Waals surface area contributed by atoms with E-state index < -0.39 is 5.60 Å². The third-order valence-electron chi connectivity index (χ3n) is 6.23. The predicted octanol–water partition coefficient (Wildman–Crippen LogP) is 3.08. The molecule has 1 atom stereocenters. The number of piperidine rings is 3. The van der Waals surface area contributed by atoms with Crippen LogP contribution in [0.5, 0.6) is 5.75 Å². The molecule has 3 aliphatic rings. The van der Waals surface area contributed by atoms with Gasteiger partial charge in [0.05, 0.1) is 0 Å². The van der Waals surface area contributed by atoms with E-state index >= 15 is 0 Å². The molecule has 3 aliphatic heterocycles. The second-order valence-corrected chi connectivity index (χ2v) is 8.33. The summed E-state index contributed by atoms with van der Waals surface area (Å²) in [6, 6.07) is 16.0. The van der Waals surface area contributed by atoms with Gasteiger partial charge in [-0.15, -0.1) is 0 Å². The van der Waals surface area contributed by atoms with Crippen molar-refractivity contribution in [1.29, 1.82) is 0 Å². The van der Waals surface area contributed by atoms with Gasteiger partial charge in [-0.05, 0) is 55.6 Å². The molecular weight excluding hydrogens is 375 g/mol. The van der Waals surface area contributed by atoms with Gasteiger partial charge in [0.1, 0.15) is 18.0 Å². The van der Waals surface area contributed by atoms with Crippen LogP contribution in [0.4, 0.5) is 5.69 Å². The van der Waals surface area contributed by atoms with Crippen molar-refractivity contribution in [3.8, 4) is 5.75 Å². The van der Waals surface area contributed by atoms with Crippen molar-refractivity contribution in [2.75, 3.05) is 31.6 Å². The zero-order chi connectivity index (χ0) is 20.3. The topological polar surface area (TPSA) is 61.8 Å². The van der Waals surface area contributed by atoms with Crippen LogP contribution in [0.3, 0.4) is 0 Å². The van der Waals surface area contributed by atoms with Crippen LogP contribution in [0.2, 0.25) is 0 Å². The first kappa shape index (κ1) is 22.4. The summed E-state index contributed by atoms with van der Waals surface area (Å²) in [7, 11) is 0. The van der Waals surface area contributed by atoms with Crippen LogP contribution in [0, 0.1) is 5.92 Å². The quantitative estimate of drug-likeness (QED) is 0.696. The van der Waals surface area contributed by atoms with Crippen LogP contribution in [0.15, 0.2) is 48.5 Å². The van der Waals surface area contributed by atoms with E-state index in [0.29, 0.717) is 31.9 Å². The summed E-state index contributed by atoms with van der Waals surface area (Å²) in [6.45, 7) is 5.00. The van der Waals surface area contributed by atoms with Crippen LogP contribution >= 0.6 is 0 Å². The molecule has 5 nitrogen and oxygen atoms in total. The fourth-order valence-electron chi connectivity index (χ4n) is 4.51. The SMILES string of the molecule is CCC(=O)Nc1ccc(OCC2(O)CN3CCC2CC3)c(Cc2ccccc2)c1.[B]. The highest BCUT2D eigenvalue weighted by Crippen LogP contribution is 2.36. The third-order valence-corrected chi connectivity index (χ3v) is 6.23. The number of anilines is 1. The fraction of sp³-hybridized carbons (Fsp3) is 0.458. The lowest BCUT2D eigenvalue weighted by Crippen LogP contribution is -2.61. The average Bonchev–Trinajstić information content (AvgIpc) is 2.74. The Morgan fingerprint density at radius 3 is 2.57 bits per heavy atom. The number of hydrogen-bond acceptors (Lipinski definition) is 4. The Hall–Kier alpha value is -2.31. The van der Waals surface area contributed by atoms with Gasteiger partial charge in [-0.3, -0.25) is 4.79 Å². The van der Waals surface area contributed by atoms with Crippen LogP contribution < -0.4 is 10.1 Å². The van der Waals surface area contributed by atoms with Crippen molar-refractivity contribution in [3.63, 3.8) is 0 Å². The van der Waals surface area contributed by atoms with Gasteiger partial charge >= 0.3 is 0 Å². The Kier molecular flexibility index (Phi) is 7.21. The van der Waals surface area contributed by atoms with E-state index in [0.717, 1.165) is 42.9 Å². The van der Waals surface area contributed by atoms with Gasteiger partial charge in [-0.1, -0.05) is 37.3 Å². The number of rotatable bonds is 7. The fourth-order valence-corrected chi connectivity index (χ4v) is 4.51. The first-order valence-corrected chi connectivity index (χ1v) is 10.6. The Morgan fingerprint density at radius 2 is 1.93 bits per heavy atom. The van der Waals surface area contributed by atoms with Crippen LogP contribution in [-0.4, -0.2) is 56.2 Å². The molecule has 3 fully saturated rings. The number of carbonyl (C=O) groups excluding carboxylic acids is 1. The summed E-state index contributed by atoms with van der Waals surface area (Å²) in [5.74, 6) is 1.08. The maximum absolute atomic E-state index is 11.8. The van der Waals surface area contributed by atoms with Crippen LogP contribution in [-0.2, 0) is 11.2 Å². The maximum Gasteiger partial charge on any atom is 0.224 e. The van der Waals surface area contributed by atoms with Crippen molar-refractivity contribution in [1.82, 2.24) is 4.90 Å². The Balaban J connectivity index is 0.00000256. The molecule has 6 heteroatoms. The molecule has 30 heavy (non-hydrogen) atoms. The molecule has 1 unspecified atom stereocenters. The molecule has 2 bridgehead atoms. The minimum Gasteiger partial charge on any atom is -0.490 e. The third kappa shape index (κ3) is 5.05. The number of nitrogens with zero attached hydrogens (tertiary/aromatic N) is 1. The van der Waals surface area contributed by atoms with Crippen molar-refractivity contribution in [3.05, 3.63) is 59.7 Å². The van der Waals surface area contributed by atoms with Crippen LogP contribution in [0.25, 0.3) is 0 Å². The molecule has 2 N–H and O–H groups in total. The second kappa shape index (κ2) is 9.67. The summed E-state index contributed by atoms with van der Waals surface area (Å²) in [4.78, 5) is 14.1. The number of aliphatic hydroxyl groups is 1. The normalized spacial score (nSPS) is 24.7. The highest BCUT2D eigenvalue weighted by molar-refractivity contribution is 5.90. The number of ether oxygens (including phenoxy) is 1. The number of amides is 1. The van der Waals surface area contributed by atoms with Gasteiger partial charge in [0.25, 0.3) is 0 Å². The molecule has 0 aromatic heterocycles. The van der Waals surface area contributed by atoms with E-state index in [9.17, 15) is 9.90 Å². The number of hydrogen-bond donors (Lipinski definition) is 2. The molecule has 5 rings (SSSR count). The van der Waals surface area contributed by atoms with E-state index in [1.807, 2.05) is 43.3 Å².